The summed E-state index contributed by atoms with van der Waals surface area (Å²) < 4.78 is 10.6. The van der Waals surface area contributed by atoms with Gasteiger partial charge in [-0.15, -0.1) is 0 Å². The lowest BCUT2D eigenvalue weighted by Gasteiger charge is -2.30. The number of aryl methyl sites for hydroxylation is 2. The van der Waals surface area contributed by atoms with Gasteiger partial charge in [0.05, 0.1) is 6.61 Å². The van der Waals surface area contributed by atoms with Crippen molar-refractivity contribution in [3.8, 4) is 0 Å². The van der Waals surface area contributed by atoms with E-state index in [0.717, 1.165) is 30.9 Å². The largest absolute Gasteiger partial charge is 0.464 e. The van der Waals surface area contributed by atoms with Crippen LogP contribution in [0.3, 0.4) is 0 Å². The minimum atomic E-state index is -0.701. The second kappa shape index (κ2) is 9.75. The molecule has 0 saturated heterocycles. The third-order valence-corrected chi connectivity index (χ3v) is 4.51. The Bertz CT molecular complexity index is 685. The van der Waals surface area contributed by atoms with Crippen molar-refractivity contribution < 1.29 is 19.1 Å². The molecule has 0 aliphatic carbocycles. The first kappa shape index (κ1) is 22.0. The Morgan fingerprint density at radius 1 is 1.32 bits per heavy atom. The molecule has 7 heteroatoms. The summed E-state index contributed by atoms with van der Waals surface area (Å²) in [6, 6.07) is 3.46. The molecule has 28 heavy (non-hydrogen) atoms. The SMILES string of the molecule is CCOC(=O)C(C)N(CCCc1ccc2c(n1)NCCC2)C(=O)OC(C)(C)C. The van der Waals surface area contributed by atoms with Gasteiger partial charge in [0.2, 0.25) is 0 Å². The third kappa shape index (κ3) is 6.39. The molecule has 1 N–H and O–H groups in total. The number of nitrogens with one attached hydrogen (secondary N) is 1. The fourth-order valence-electron chi connectivity index (χ4n) is 3.09. The van der Waals surface area contributed by atoms with Gasteiger partial charge in [0.1, 0.15) is 17.5 Å². The zero-order valence-corrected chi connectivity index (χ0v) is 17.7. The van der Waals surface area contributed by atoms with Crippen molar-refractivity contribution in [3.05, 3.63) is 23.4 Å². The van der Waals surface area contributed by atoms with Gasteiger partial charge < -0.3 is 14.8 Å². The van der Waals surface area contributed by atoms with Gasteiger partial charge in [-0.05, 0) is 71.9 Å². The van der Waals surface area contributed by atoms with E-state index in [4.69, 9.17) is 9.47 Å². The quantitative estimate of drug-likeness (QED) is 0.716. The Kier molecular flexibility index (Phi) is 7.66. The predicted molar refractivity (Wildman–Crippen MR) is 108 cm³/mol. The van der Waals surface area contributed by atoms with Crippen LogP contribution in [0.1, 0.15) is 58.7 Å². The molecule has 2 rings (SSSR count). The first-order valence-corrected chi connectivity index (χ1v) is 10.1. The molecular weight excluding hydrogens is 358 g/mol. The second-order valence-corrected chi connectivity index (χ2v) is 8.05. The Morgan fingerprint density at radius 2 is 2.07 bits per heavy atom. The number of nitrogens with zero attached hydrogens (tertiary/aromatic N) is 2. The number of carbonyl (C=O) groups is 2. The normalized spacial score (nSPS) is 14.5. The Labute approximate surface area is 167 Å². The summed E-state index contributed by atoms with van der Waals surface area (Å²) in [5.74, 6) is 0.539. The van der Waals surface area contributed by atoms with Crippen molar-refractivity contribution in [2.75, 3.05) is 25.0 Å². The van der Waals surface area contributed by atoms with Gasteiger partial charge in [0.25, 0.3) is 0 Å². The lowest BCUT2D eigenvalue weighted by molar-refractivity contribution is -0.148. The monoisotopic (exact) mass is 391 g/mol. The van der Waals surface area contributed by atoms with Crippen LogP contribution in [0.4, 0.5) is 10.6 Å². The van der Waals surface area contributed by atoms with Crippen molar-refractivity contribution in [3.63, 3.8) is 0 Å². The Morgan fingerprint density at radius 3 is 2.75 bits per heavy atom. The van der Waals surface area contributed by atoms with E-state index in [2.05, 4.69) is 16.4 Å². The highest BCUT2D eigenvalue weighted by atomic mass is 16.6. The number of hydrogen-bond acceptors (Lipinski definition) is 6. The first-order valence-electron chi connectivity index (χ1n) is 10.1. The molecule has 1 aromatic rings. The summed E-state index contributed by atoms with van der Waals surface area (Å²) in [5, 5.41) is 3.34. The Balaban J connectivity index is 2.01. The number of aromatic nitrogens is 1. The number of rotatable bonds is 7. The fourth-order valence-corrected chi connectivity index (χ4v) is 3.09. The van der Waals surface area contributed by atoms with Crippen molar-refractivity contribution in [1.82, 2.24) is 9.88 Å². The van der Waals surface area contributed by atoms with Gasteiger partial charge in [-0.25, -0.2) is 14.6 Å². The van der Waals surface area contributed by atoms with Crippen LogP contribution in [0.5, 0.6) is 0 Å². The van der Waals surface area contributed by atoms with Crippen molar-refractivity contribution >= 4 is 17.9 Å². The van der Waals surface area contributed by atoms with Crippen LogP contribution >= 0.6 is 0 Å². The van der Waals surface area contributed by atoms with E-state index in [1.165, 1.54) is 10.5 Å². The van der Waals surface area contributed by atoms with Gasteiger partial charge in [-0.2, -0.15) is 0 Å². The van der Waals surface area contributed by atoms with Gasteiger partial charge in [0, 0.05) is 18.8 Å². The van der Waals surface area contributed by atoms with Gasteiger partial charge in [-0.3, -0.25) is 4.90 Å². The molecule has 0 saturated carbocycles. The molecule has 7 nitrogen and oxygen atoms in total. The van der Waals surface area contributed by atoms with E-state index in [1.807, 2.05) is 26.8 Å². The molecule has 156 valence electrons. The number of ether oxygens (including phenoxy) is 2. The average Bonchev–Trinajstić information content (AvgIpc) is 2.63. The van der Waals surface area contributed by atoms with Gasteiger partial charge in [-0.1, -0.05) is 6.07 Å². The number of fused-ring (bicyclic) bond motifs is 1. The summed E-state index contributed by atoms with van der Waals surface area (Å²) in [7, 11) is 0. The van der Waals surface area contributed by atoms with Crippen LogP contribution < -0.4 is 5.32 Å². The fraction of sp³-hybridized carbons (Fsp3) is 0.667. The predicted octanol–water partition coefficient (Wildman–Crippen LogP) is 3.56. The van der Waals surface area contributed by atoms with E-state index in [-0.39, 0.29) is 6.61 Å². The summed E-state index contributed by atoms with van der Waals surface area (Å²) in [6.45, 7) is 10.5. The van der Waals surface area contributed by atoms with Crippen LogP contribution in [0.15, 0.2) is 12.1 Å². The lowest BCUT2D eigenvalue weighted by atomic mass is 10.1. The highest BCUT2D eigenvalue weighted by Crippen LogP contribution is 2.20. The molecule has 1 unspecified atom stereocenters. The molecular formula is C21H33N3O4. The summed E-state index contributed by atoms with van der Waals surface area (Å²) in [4.78, 5) is 30.9. The summed E-state index contributed by atoms with van der Waals surface area (Å²) in [6.07, 6.45) is 3.07. The highest BCUT2D eigenvalue weighted by molar-refractivity contribution is 5.81. The molecule has 1 atom stereocenters. The zero-order valence-electron chi connectivity index (χ0n) is 17.7. The smallest absolute Gasteiger partial charge is 0.411 e. The van der Waals surface area contributed by atoms with Crippen molar-refractivity contribution in [2.24, 2.45) is 0 Å². The number of anilines is 1. The number of esters is 1. The zero-order chi connectivity index (χ0) is 20.7. The molecule has 0 spiro atoms. The van der Waals surface area contributed by atoms with E-state index < -0.39 is 23.7 Å². The first-order chi connectivity index (χ1) is 13.2. The summed E-state index contributed by atoms with van der Waals surface area (Å²) in [5.41, 5.74) is 1.59. The van der Waals surface area contributed by atoms with Crippen molar-refractivity contribution in [1.29, 1.82) is 0 Å². The molecule has 1 aliphatic heterocycles. The number of carbonyl (C=O) groups excluding carboxylic acids is 2. The van der Waals surface area contributed by atoms with Crippen LogP contribution in [0.2, 0.25) is 0 Å². The molecule has 0 fully saturated rings. The highest BCUT2D eigenvalue weighted by Gasteiger charge is 2.30. The number of amides is 1. The van der Waals surface area contributed by atoms with E-state index in [9.17, 15) is 9.59 Å². The minimum Gasteiger partial charge on any atom is -0.464 e. The molecule has 0 bridgehead atoms. The van der Waals surface area contributed by atoms with Gasteiger partial charge >= 0.3 is 12.1 Å². The Hall–Kier alpha value is -2.31. The van der Waals surface area contributed by atoms with Crippen LogP contribution in [0.25, 0.3) is 0 Å². The van der Waals surface area contributed by atoms with E-state index >= 15 is 0 Å². The maximum atomic E-state index is 12.6. The second-order valence-electron chi connectivity index (χ2n) is 8.05. The van der Waals surface area contributed by atoms with E-state index in [0.29, 0.717) is 19.4 Å². The number of pyridine rings is 1. The molecule has 1 aromatic heterocycles. The maximum absolute atomic E-state index is 12.6. The minimum absolute atomic E-state index is 0.275. The van der Waals surface area contributed by atoms with Crippen LogP contribution in [-0.4, -0.2) is 53.3 Å². The molecule has 1 amide bonds. The maximum Gasteiger partial charge on any atom is 0.411 e. The molecule has 0 aromatic carbocycles. The average molecular weight is 392 g/mol. The topological polar surface area (TPSA) is 80.8 Å². The molecule has 0 radical (unpaired) electrons. The van der Waals surface area contributed by atoms with E-state index in [1.54, 1.807) is 13.8 Å². The molecule has 1 aliphatic rings. The third-order valence-electron chi connectivity index (χ3n) is 4.51. The standard InChI is InChI=1S/C21H33N3O4/c1-6-27-19(25)15(2)24(20(26)28-21(3,4)5)14-8-10-17-12-11-16-9-7-13-22-18(16)23-17/h11-12,15H,6-10,13-14H2,1-5H3,(H,22,23). The van der Waals surface area contributed by atoms with Crippen LogP contribution in [0, 0.1) is 0 Å². The lowest BCUT2D eigenvalue weighted by Crippen LogP contribution is -2.46. The number of hydrogen-bond donors (Lipinski definition) is 1. The summed E-state index contributed by atoms with van der Waals surface area (Å²) >= 11 is 0. The van der Waals surface area contributed by atoms with Crippen molar-refractivity contribution in [2.45, 2.75) is 71.9 Å². The molecule has 2 heterocycles. The van der Waals surface area contributed by atoms with Crippen LogP contribution in [-0.2, 0) is 27.1 Å². The van der Waals surface area contributed by atoms with Gasteiger partial charge in [0.15, 0.2) is 0 Å².